The first-order chi connectivity index (χ1) is 17.3. The smallest absolute Gasteiger partial charge is 0.227 e. The summed E-state index contributed by atoms with van der Waals surface area (Å²) in [4.78, 5) is 19.4. The minimum absolute atomic E-state index is 0.398. The molecular formula is C28H43N7O. The SMILES string of the molecule is COc1cc2c(NC3CCN(C(C)C)CC3)nc(N3CCN(C)CC3)nc2cc1C#CCCN(C)C. The zero-order chi connectivity index (χ0) is 25.7. The fourth-order valence-electron chi connectivity index (χ4n) is 4.86. The number of likely N-dealkylation sites (N-methyl/N-ethyl adjacent to an activating group) is 1. The van der Waals surface area contributed by atoms with Gasteiger partial charge in [0, 0.05) is 69.7 Å². The van der Waals surface area contributed by atoms with E-state index >= 15 is 0 Å². The highest BCUT2D eigenvalue weighted by atomic mass is 16.5. The Balaban J connectivity index is 1.67. The van der Waals surface area contributed by atoms with E-state index in [-0.39, 0.29) is 0 Å². The summed E-state index contributed by atoms with van der Waals surface area (Å²) in [7, 11) is 8.01. The zero-order valence-corrected chi connectivity index (χ0v) is 23.0. The summed E-state index contributed by atoms with van der Waals surface area (Å²) in [6.07, 6.45) is 3.03. The molecule has 0 aliphatic carbocycles. The van der Waals surface area contributed by atoms with Crippen molar-refractivity contribution < 1.29 is 4.74 Å². The molecule has 36 heavy (non-hydrogen) atoms. The first kappa shape index (κ1) is 26.5. The summed E-state index contributed by atoms with van der Waals surface area (Å²) in [5, 5.41) is 4.79. The fourth-order valence-corrected chi connectivity index (χ4v) is 4.86. The third-order valence-corrected chi connectivity index (χ3v) is 7.30. The Morgan fingerprint density at radius 2 is 1.81 bits per heavy atom. The lowest BCUT2D eigenvalue weighted by Crippen LogP contribution is -2.45. The van der Waals surface area contributed by atoms with Crippen molar-refractivity contribution in [1.82, 2.24) is 24.7 Å². The lowest BCUT2D eigenvalue weighted by atomic mass is 10.0. The van der Waals surface area contributed by atoms with Crippen molar-refractivity contribution in [2.45, 2.75) is 45.2 Å². The maximum Gasteiger partial charge on any atom is 0.227 e. The van der Waals surface area contributed by atoms with Gasteiger partial charge in [-0.1, -0.05) is 11.8 Å². The van der Waals surface area contributed by atoms with Crippen molar-refractivity contribution >= 4 is 22.7 Å². The third kappa shape index (κ3) is 6.58. The number of rotatable bonds is 7. The molecular weight excluding hydrogens is 450 g/mol. The highest BCUT2D eigenvalue weighted by Crippen LogP contribution is 2.32. The molecule has 196 valence electrons. The topological polar surface area (TPSA) is 60.0 Å². The van der Waals surface area contributed by atoms with Crippen LogP contribution in [0.25, 0.3) is 10.9 Å². The Labute approximate surface area is 217 Å². The molecule has 0 saturated carbocycles. The molecule has 2 aliphatic heterocycles. The van der Waals surface area contributed by atoms with E-state index < -0.39 is 0 Å². The summed E-state index contributed by atoms with van der Waals surface area (Å²) in [5.74, 6) is 9.10. The van der Waals surface area contributed by atoms with Crippen LogP contribution >= 0.6 is 0 Å². The average molecular weight is 494 g/mol. The second-order valence-electron chi connectivity index (χ2n) is 10.6. The van der Waals surface area contributed by atoms with E-state index in [1.807, 2.05) is 0 Å². The number of anilines is 2. The summed E-state index contributed by atoms with van der Waals surface area (Å²) in [6.45, 7) is 11.6. The van der Waals surface area contributed by atoms with Crippen molar-refractivity contribution in [3.05, 3.63) is 17.7 Å². The molecule has 3 heterocycles. The van der Waals surface area contributed by atoms with Gasteiger partial charge >= 0.3 is 0 Å². The fraction of sp³-hybridized carbons (Fsp3) is 0.643. The van der Waals surface area contributed by atoms with Crippen molar-refractivity contribution in [3.63, 3.8) is 0 Å². The molecule has 0 unspecified atom stereocenters. The van der Waals surface area contributed by atoms with Gasteiger partial charge in [-0.25, -0.2) is 4.98 Å². The van der Waals surface area contributed by atoms with Gasteiger partial charge in [-0.3, -0.25) is 0 Å². The van der Waals surface area contributed by atoms with E-state index in [4.69, 9.17) is 14.7 Å². The molecule has 2 fully saturated rings. The number of fused-ring (bicyclic) bond motifs is 1. The van der Waals surface area contributed by atoms with Gasteiger partial charge in [0.05, 0.1) is 18.2 Å². The Hall–Kier alpha value is -2.60. The average Bonchev–Trinajstić information content (AvgIpc) is 2.86. The highest BCUT2D eigenvalue weighted by molar-refractivity contribution is 5.93. The standard InChI is InChI=1S/C28H43N7O/c1-21(2)34-13-10-23(11-14-34)29-27-24-20-26(36-6)22(9-7-8-12-32(3)4)19-25(24)30-28(31-27)35-17-15-33(5)16-18-35/h19-21,23H,8,10-18H2,1-6H3,(H,29,30,31). The number of methoxy groups -OCH3 is 1. The number of nitrogens with zero attached hydrogens (tertiary/aromatic N) is 6. The minimum Gasteiger partial charge on any atom is -0.495 e. The van der Waals surface area contributed by atoms with Gasteiger partial charge in [-0.15, -0.1) is 0 Å². The molecule has 0 bridgehead atoms. The van der Waals surface area contributed by atoms with Gasteiger partial charge in [0.15, 0.2) is 0 Å². The number of ether oxygens (including phenoxy) is 1. The van der Waals surface area contributed by atoms with Gasteiger partial charge in [-0.2, -0.15) is 4.98 Å². The Morgan fingerprint density at radius 3 is 2.44 bits per heavy atom. The molecule has 8 heteroatoms. The molecule has 2 saturated heterocycles. The van der Waals surface area contributed by atoms with E-state index in [0.29, 0.717) is 12.1 Å². The normalized spacial score (nSPS) is 18.1. The predicted octanol–water partition coefficient (Wildman–Crippen LogP) is 2.98. The van der Waals surface area contributed by atoms with Crippen molar-refractivity contribution in [1.29, 1.82) is 0 Å². The molecule has 0 spiro atoms. The molecule has 4 rings (SSSR count). The van der Waals surface area contributed by atoms with Gasteiger partial charge in [-0.05, 0) is 60.0 Å². The van der Waals surface area contributed by atoms with Gasteiger partial charge in [0.2, 0.25) is 5.95 Å². The van der Waals surface area contributed by atoms with Crippen LogP contribution in [0.2, 0.25) is 0 Å². The summed E-state index contributed by atoms with van der Waals surface area (Å²) in [5.41, 5.74) is 1.79. The number of benzene rings is 1. The maximum atomic E-state index is 5.76. The lowest BCUT2D eigenvalue weighted by Gasteiger charge is -2.35. The molecule has 2 aromatic rings. The van der Waals surface area contributed by atoms with Gasteiger partial charge in [0.1, 0.15) is 11.6 Å². The number of hydrogen-bond donors (Lipinski definition) is 1. The Kier molecular flexibility index (Phi) is 8.89. The van der Waals surface area contributed by atoms with Crippen LogP contribution in [0.1, 0.15) is 38.7 Å². The first-order valence-corrected chi connectivity index (χ1v) is 13.3. The quantitative estimate of drug-likeness (QED) is 0.591. The minimum atomic E-state index is 0.398. The van der Waals surface area contributed by atoms with E-state index in [1.165, 1.54) is 0 Å². The number of aromatic nitrogens is 2. The molecule has 1 aromatic carbocycles. The van der Waals surface area contributed by atoms with E-state index in [9.17, 15) is 0 Å². The van der Waals surface area contributed by atoms with Crippen molar-refractivity contribution in [2.75, 3.05) is 84.3 Å². The summed E-state index contributed by atoms with van der Waals surface area (Å²) < 4.78 is 5.76. The molecule has 0 radical (unpaired) electrons. The molecule has 2 aliphatic rings. The summed E-state index contributed by atoms with van der Waals surface area (Å²) in [6, 6.07) is 5.13. The van der Waals surface area contributed by atoms with Crippen LogP contribution < -0.4 is 15.0 Å². The molecule has 0 amide bonds. The van der Waals surface area contributed by atoms with Crippen LogP contribution in [-0.2, 0) is 0 Å². The van der Waals surface area contributed by atoms with E-state index in [2.05, 4.69) is 83.9 Å². The second-order valence-corrected chi connectivity index (χ2v) is 10.6. The molecule has 1 aromatic heterocycles. The molecule has 8 nitrogen and oxygen atoms in total. The lowest BCUT2D eigenvalue weighted by molar-refractivity contribution is 0.177. The highest BCUT2D eigenvalue weighted by Gasteiger charge is 2.24. The van der Waals surface area contributed by atoms with Crippen molar-refractivity contribution in [3.8, 4) is 17.6 Å². The van der Waals surface area contributed by atoms with Crippen LogP contribution in [-0.4, -0.2) is 111 Å². The number of piperazine rings is 1. The maximum absolute atomic E-state index is 5.76. The van der Waals surface area contributed by atoms with Gasteiger partial charge < -0.3 is 29.7 Å². The van der Waals surface area contributed by atoms with Crippen LogP contribution in [0.3, 0.4) is 0 Å². The first-order valence-electron chi connectivity index (χ1n) is 13.3. The number of piperidine rings is 1. The van der Waals surface area contributed by atoms with Crippen LogP contribution in [0.4, 0.5) is 11.8 Å². The number of likely N-dealkylation sites (tertiary alicyclic amines) is 1. The molecule has 0 atom stereocenters. The largest absolute Gasteiger partial charge is 0.495 e. The van der Waals surface area contributed by atoms with E-state index in [1.54, 1.807) is 7.11 Å². The van der Waals surface area contributed by atoms with E-state index in [0.717, 1.165) is 99.1 Å². The summed E-state index contributed by atoms with van der Waals surface area (Å²) >= 11 is 0. The van der Waals surface area contributed by atoms with Crippen molar-refractivity contribution in [2.24, 2.45) is 0 Å². The molecule has 1 N–H and O–H groups in total. The Morgan fingerprint density at radius 1 is 1.08 bits per heavy atom. The van der Waals surface area contributed by atoms with Crippen LogP contribution in [0.15, 0.2) is 12.1 Å². The monoisotopic (exact) mass is 493 g/mol. The number of nitrogens with one attached hydrogen (secondary N) is 1. The van der Waals surface area contributed by atoms with Crippen LogP contribution in [0.5, 0.6) is 5.75 Å². The predicted molar refractivity (Wildman–Crippen MR) is 149 cm³/mol. The van der Waals surface area contributed by atoms with Crippen LogP contribution in [0, 0.1) is 11.8 Å². The van der Waals surface area contributed by atoms with Gasteiger partial charge in [0.25, 0.3) is 0 Å². The second kappa shape index (κ2) is 12.1. The third-order valence-electron chi connectivity index (χ3n) is 7.30. The number of hydrogen-bond acceptors (Lipinski definition) is 8. The zero-order valence-electron chi connectivity index (χ0n) is 23.0. The Bertz CT molecular complexity index is 1070.